The summed E-state index contributed by atoms with van der Waals surface area (Å²) in [7, 11) is 3.38. The number of carbonyl (C=O) groups excluding carboxylic acids is 1. The molecule has 0 aromatic rings. The predicted molar refractivity (Wildman–Crippen MR) is 59.8 cm³/mol. The molecule has 0 aromatic carbocycles. The Morgan fingerprint density at radius 1 is 1.33 bits per heavy atom. The fraction of sp³-hybridized carbons (Fsp3) is 0.909. The normalized spacial score (nSPS) is 11.1. The Hall–Kier alpha value is -0.610. The second-order valence-corrected chi connectivity index (χ2v) is 4.10. The number of hydrogen-bond donors (Lipinski definition) is 0. The van der Waals surface area contributed by atoms with Crippen molar-refractivity contribution in [2.75, 3.05) is 40.5 Å². The molecule has 4 heteroatoms. The summed E-state index contributed by atoms with van der Waals surface area (Å²) >= 11 is 0. The maximum atomic E-state index is 10.9. The Bertz CT molecular complexity index is 171. The first kappa shape index (κ1) is 14.4. The minimum absolute atomic E-state index is 0.162. The SMILES string of the molecule is COC(=O)CCN(C)CCOCC(C)C. The van der Waals surface area contributed by atoms with Crippen LogP contribution in [-0.2, 0) is 14.3 Å². The van der Waals surface area contributed by atoms with Crippen molar-refractivity contribution < 1.29 is 14.3 Å². The number of carbonyl (C=O) groups is 1. The van der Waals surface area contributed by atoms with Gasteiger partial charge in [-0.15, -0.1) is 0 Å². The minimum Gasteiger partial charge on any atom is -0.469 e. The molecule has 0 rings (SSSR count). The van der Waals surface area contributed by atoms with Gasteiger partial charge in [-0.2, -0.15) is 0 Å². The van der Waals surface area contributed by atoms with Crippen LogP contribution in [0.5, 0.6) is 0 Å². The monoisotopic (exact) mass is 217 g/mol. The van der Waals surface area contributed by atoms with Crippen molar-refractivity contribution in [1.82, 2.24) is 4.90 Å². The summed E-state index contributed by atoms with van der Waals surface area (Å²) in [6, 6.07) is 0. The first-order valence-electron chi connectivity index (χ1n) is 5.39. The highest BCUT2D eigenvalue weighted by Crippen LogP contribution is 1.94. The molecule has 0 radical (unpaired) electrons. The molecule has 0 aromatic heterocycles. The third-order valence-electron chi connectivity index (χ3n) is 1.99. The average Bonchev–Trinajstić information content (AvgIpc) is 2.20. The maximum absolute atomic E-state index is 10.9. The molecule has 0 heterocycles. The quantitative estimate of drug-likeness (QED) is 0.451. The van der Waals surface area contributed by atoms with Gasteiger partial charge >= 0.3 is 5.97 Å². The van der Waals surface area contributed by atoms with E-state index < -0.39 is 0 Å². The van der Waals surface area contributed by atoms with Gasteiger partial charge < -0.3 is 14.4 Å². The lowest BCUT2D eigenvalue weighted by Gasteiger charge is -2.16. The van der Waals surface area contributed by atoms with E-state index in [4.69, 9.17) is 4.74 Å². The molecule has 15 heavy (non-hydrogen) atoms. The van der Waals surface area contributed by atoms with Gasteiger partial charge in [-0.05, 0) is 13.0 Å². The molecular formula is C11H23NO3. The summed E-state index contributed by atoms with van der Waals surface area (Å²) in [5, 5.41) is 0. The van der Waals surface area contributed by atoms with Crippen molar-refractivity contribution in [3.8, 4) is 0 Å². The van der Waals surface area contributed by atoms with Crippen LogP contribution < -0.4 is 0 Å². The van der Waals surface area contributed by atoms with E-state index in [9.17, 15) is 4.79 Å². The molecule has 0 saturated carbocycles. The van der Waals surface area contributed by atoms with Crippen LogP contribution in [0.4, 0.5) is 0 Å². The first-order chi connectivity index (χ1) is 7.06. The summed E-state index contributed by atoms with van der Waals surface area (Å²) in [5.74, 6) is 0.412. The lowest BCUT2D eigenvalue weighted by atomic mass is 10.2. The number of likely N-dealkylation sites (N-methyl/N-ethyl adjacent to an activating group) is 1. The Kier molecular flexibility index (Phi) is 8.33. The van der Waals surface area contributed by atoms with E-state index >= 15 is 0 Å². The number of hydrogen-bond acceptors (Lipinski definition) is 4. The molecule has 0 spiro atoms. The van der Waals surface area contributed by atoms with Crippen LogP contribution in [0.15, 0.2) is 0 Å². The Labute approximate surface area is 92.5 Å². The topological polar surface area (TPSA) is 38.8 Å². The molecule has 4 nitrogen and oxygen atoms in total. The third kappa shape index (κ3) is 9.69. The molecule has 0 amide bonds. The van der Waals surface area contributed by atoms with E-state index in [1.54, 1.807) is 0 Å². The van der Waals surface area contributed by atoms with Crippen molar-refractivity contribution in [3.63, 3.8) is 0 Å². The summed E-state index contributed by atoms with van der Waals surface area (Å²) in [4.78, 5) is 12.9. The van der Waals surface area contributed by atoms with E-state index in [0.29, 0.717) is 12.3 Å². The van der Waals surface area contributed by atoms with E-state index in [1.807, 2.05) is 7.05 Å². The van der Waals surface area contributed by atoms with Crippen LogP contribution in [0.1, 0.15) is 20.3 Å². The number of esters is 1. The van der Waals surface area contributed by atoms with Gasteiger partial charge in [-0.1, -0.05) is 13.8 Å². The van der Waals surface area contributed by atoms with Gasteiger partial charge in [0.1, 0.15) is 0 Å². The number of methoxy groups -OCH3 is 1. The zero-order chi connectivity index (χ0) is 11.7. The Morgan fingerprint density at radius 3 is 2.53 bits per heavy atom. The van der Waals surface area contributed by atoms with Crippen molar-refractivity contribution in [2.45, 2.75) is 20.3 Å². The average molecular weight is 217 g/mol. The molecule has 0 aliphatic heterocycles. The summed E-state index contributed by atoms with van der Waals surface area (Å²) in [5.41, 5.74) is 0. The van der Waals surface area contributed by atoms with Crippen LogP contribution >= 0.6 is 0 Å². The molecule has 90 valence electrons. The van der Waals surface area contributed by atoms with Gasteiger partial charge in [0.05, 0.1) is 20.1 Å². The minimum atomic E-state index is -0.162. The fourth-order valence-corrected chi connectivity index (χ4v) is 1.04. The molecule has 0 bridgehead atoms. The molecule has 0 atom stereocenters. The predicted octanol–water partition coefficient (Wildman–Crippen LogP) is 1.15. The standard InChI is InChI=1S/C11H23NO3/c1-10(2)9-15-8-7-12(3)6-5-11(13)14-4/h10H,5-9H2,1-4H3. The van der Waals surface area contributed by atoms with Gasteiger partial charge in [0, 0.05) is 19.7 Å². The van der Waals surface area contributed by atoms with E-state index in [1.165, 1.54) is 7.11 Å². The number of rotatable bonds is 8. The van der Waals surface area contributed by atoms with E-state index in [0.717, 1.165) is 26.3 Å². The number of ether oxygens (including phenoxy) is 2. The van der Waals surface area contributed by atoms with Crippen LogP contribution in [0.25, 0.3) is 0 Å². The van der Waals surface area contributed by atoms with Crippen molar-refractivity contribution in [2.24, 2.45) is 5.92 Å². The van der Waals surface area contributed by atoms with Gasteiger partial charge in [-0.3, -0.25) is 4.79 Å². The summed E-state index contributed by atoms with van der Waals surface area (Å²) in [6.07, 6.45) is 0.442. The van der Waals surface area contributed by atoms with Crippen molar-refractivity contribution in [3.05, 3.63) is 0 Å². The van der Waals surface area contributed by atoms with Gasteiger partial charge in [0.2, 0.25) is 0 Å². The molecule has 0 unspecified atom stereocenters. The Balaban J connectivity index is 3.33. The van der Waals surface area contributed by atoms with Crippen LogP contribution in [0, 0.1) is 5.92 Å². The number of nitrogens with zero attached hydrogens (tertiary/aromatic N) is 1. The summed E-state index contributed by atoms with van der Waals surface area (Å²) < 4.78 is 10.0. The van der Waals surface area contributed by atoms with Crippen LogP contribution in [0.3, 0.4) is 0 Å². The zero-order valence-electron chi connectivity index (χ0n) is 10.3. The van der Waals surface area contributed by atoms with Gasteiger partial charge in [0.15, 0.2) is 0 Å². The van der Waals surface area contributed by atoms with Gasteiger partial charge in [0.25, 0.3) is 0 Å². The molecular weight excluding hydrogens is 194 g/mol. The smallest absolute Gasteiger partial charge is 0.306 e. The largest absolute Gasteiger partial charge is 0.469 e. The lowest BCUT2D eigenvalue weighted by Crippen LogP contribution is -2.26. The zero-order valence-corrected chi connectivity index (χ0v) is 10.3. The first-order valence-corrected chi connectivity index (χ1v) is 5.39. The van der Waals surface area contributed by atoms with E-state index in [-0.39, 0.29) is 5.97 Å². The maximum Gasteiger partial charge on any atom is 0.306 e. The molecule has 0 fully saturated rings. The molecule has 0 N–H and O–H groups in total. The highest BCUT2D eigenvalue weighted by Gasteiger charge is 2.03. The lowest BCUT2D eigenvalue weighted by molar-refractivity contribution is -0.140. The summed E-state index contributed by atoms with van der Waals surface area (Å²) in [6.45, 7) is 7.34. The van der Waals surface area contributed by atoms with E-state index in [2.05, 4.69) is 23.5 Å². The fourth-order valence-electron chi connectivity index (χ4n) is 1.04. The van der Waals surface area contributed by atoms with Crippen LogP contribution in [0.2, 0.25) is 0 Å². The van der Waals surface area contributed by atoms with Crippen molar-refractivity contribution in [1.29, 1.82) is 0 Å². The second-order valence-electron chi connectivity index (χ2n) is 4.10. The second kappa shape index (κ2) is 8.68. The van der Waals surface area contributed by atoms with Gasteiger partial charge in [-0.25, -0.2) is 0 Å². The van der Waals surface area contributed by atoms with Crippen LogP contribution in [-0.4, -0.2) is 51.3 Å². The third-order valence-corrected chi connectivity index (χ3v) is 1.99. The Morgan fingerprint density at radius 2 is 2.00 bits per heavy atom. The highest BCUT2D eigenvalue weighted by atomic mass is 16.5. The molecule has 0 aliphatic carbocycles. The highest BCUT2D eigenvalue weighted by molar-refractivity contribution is 5.69. The molecule has 0 aliphatic rings. The van der Waals surface area contributed by atoms with Crippen molar-refractivity contribution >= 4 is 5.97 Å². The molecule has 0 saturated heterocycles.